The predicted molar refractivity (Wildman–Crippen MR) is 107 cm³/mol. The molecule has 0 atom stereocenters. The molecule has 0 unspecified atom stereocenters. The average molecular weight is 381 g/mol. The molecule has 7 heteroatoms. The number of carbonyl (C=O) groups excluding carboxylic acids is 1. The molecule has 0 aliphatic carbocycles. The van der Waals surface area contributed by atoms with Crippen LogP contribution in [-0.2, 0) is 0 Å². The molecule has 2 aromatic carbocycles. The van der Waals surface area contributed by atoms with Crippen LogP contribution in [0.1, 0.15) is 20.9 Å². The average Bonchev–Trinajstić information content (AvgIpc) is 3.10. The van der Waals surface area contributed by atoms with Crippen LogP contribution in [-0.4, -0.2) is 31.3 Å². The summed E-state index contributed by atoms with van der Waals surface area (Å²) in [4.78, 5) is 17.7. The molecular formula is C20H19N3O3S. The zero-order chi connectivity index (χ0) is 19.2. The maximum absolute atomic E-state index is 12.4. The van der Waals surface area contributed by atoms with Crippen LogP contribution < -0.4 is 14.9 Å². The number of thiazole rings is 1. The van der Waals surface area contributed by atoms with Gasteiger partial charge in [-0.2, -0.15) is 5.10 Å². The van der Waals surface area contributed by atoms with Crippen LogP contribution in [0.15, 0.2) is 53.6 Å². The van der Waals surface area contributed by atoms with Crippen molar-refractivity contribution in [2.75, 3.05) is 14.2 Å². The summed E-state index contributed by atoms with van der Waals surface area (Å²) < 4.78 is 10.6. The van der Waals surface area contributed by atoms with Crippen molar-refractivity contribution < 1.29 is 14.3 Å². The van der Waals surface area contributed by atoms with Crippen LogP contribution in [0.4, 0.5) is 0 Å². The Hall–Kier alpha value is -3.19. The highest BCUT2D eigenvalue weighted by molar-refractivity contribution is 7.15. The lowest BCUT2D eigenvalue weighted by Gasteiger charge is -2.09. The monoisotopic (exact) mass is 381 g/mol. The maximum atomic E-state index is 12.4. The van der Waals surface area contributed by atoms with Gasteiger partial charge in [-0.05, 0) is 19.1 Å². The number of methoxy groups -OCH3 is 2. The molecule has 0 saturated heterocycles. The Morgan fingerprint density at radius 2 is 1.89 bits per heavy atom. The van der Waals surface area contributed by atoms with Gasteiger partial charge >= 0.3 is 0 Å². The van der Waals surface area contributed by atoms with E-state index in [1.165, 1.54) is 17.6 Å². The predicted octanol–water partition coefficient (Wildman–Crippen LogP) is 3.90. The molecule has 0 radical (unpaired) electrons. The van der Waals surface area contributed by atoms with Gasteiger partial charge in [0.25, 0.3) is 5.91 Å². The normalized spacial score (nSPS) is 10.8. The molecule has 27 heavy (non-hydrogen) atoms. The van der Waals surface area contributed by atoms with Gasteiger partial charge in [0.2, 0.25) is 0 Å². The van der Waals surface area contributed by atoms with Gasteiger partial charge in [0, 0.05) is 16.0 Å². The van der Waals surface area contributed by atoms with E-state index < -0.39 is 0 Å². The number of amides is 1. The van der Waals surface area contributed by atoms with Gasteiger partial charge in [-0.15, -0.1) is 11.3 Å². The molecule has 0 fully saturated rings. The number of hydrogen-bond acceptors (Lipinski definition) is 6. The highest BCUT2D eigenvalue weighted by atomic mass is 32.1. The number of nitrogens with zero attached hydrogens (tertiary/aromatic N) is 2. The third kappa shape index (κ3) is 4.15. The van der Waals surface area contributed by atoms with E-state index in [4.69, 9.17) is 9.47 Å². The van der Waals surface area contributed by atoms with Crippen LogP contribution in [0.25, 0.3) is 10.6 Å². The van der Waals surface area contributed by atoms with Crippen molar-refractivity contribution in [2.24, 2.45) is 5.10 Å². The molecule has 0 aliphatic heterocycles. The van der Waals surface area contributed by atoms with Crippen molar-refractivity contribution in [1.29, 1.82) is 0 Å². The van der Waals surface area contributed by atoms with E-state index >= 15 is 0 Å². The minimum atomic E-state index is -0.357. The summed E-state index contributed by atoms with van der Waals surface area (Å²) in [6.45, 7) is 1.87. The standard InChI is InChI=1S/C20H19N3O3S/c1-13-17(22-20(27-13)14-8-5-4-6-9-14)19(24)23-21-12-15-10-7-11-16(25-2)18(15)26-3/h4-12H,1-3H3,(H,23,24)/b21-12-. The number of ether oxygens (including phenoxy) is 2. The lowest BCUT2D eigenvalue weighted by Crippen LogP contribution is -2.19. The summed E-state index contributed by atoms with van der Waals surface area (Å²) in [6, 6.07) is 15.2. The highest BCUT2D eigenvalue weighted by Gasteiger charge is 2.16. The number of carbonyl (C=O) groups is 1. The third-order valence-corrected chi connectivity index (χ3v) is 4.86. The molecule has 0 saturated carbocycles. The number of aromatic nitrogens is 1. The van der Waals surface area contributed by atoms with Crippen LogP contribution in [0.2, 0.25) is 0 Å². The Morgan fingerprint density at radius 1 is 1.11 bits per heavy atom. The topological polar surface area (TPSA) is 72.8 Å². The fourth-order valence-electron chi connectivity index (χ4n) is 2.54. The first-order valence-corrected chi connectivity index (χ1v) is 9.03. The summed E-state index contributed by atoms with van der Waals surface area (Å²) in [7, 11) is 3.12. The second kappa shape index (κ2) is 8.46. The minimum absolute atomic E-state index is 0.357. The summed E-state index contributed by atoms with van der Waals surface area (Å²) >= 11 is 1.48. The SMILES string of the molecule is COc1cccc(/C=N\NC(=O)c2nc(-c3ccccc3)sc2C)c1OC. The van der Waals surface area contributed by atoms with E-state index in [2.05, 4.69) is 15.5 Å². The van der Waals surface area contributed by atoms with E-state index in [-0.39, 0.29) is 5.91 Å². The van der Waals surface area contributed by atoms with Crippen molar-refractivity contribution in [1.82, 2.24) is 10.4 Å². The summed E-state index contributed by atoms with van der Waals surface area (Å²) in [5, 5.41) is 4.83. The third-order valence-electron chi connectivity index (χ3n) is 3.84. The molecule has 138 valence electrons. The van der Waals surface area contributed by atoms with E-state index in [1.807, 2.05) is 49.4 Å². The second-order valence-corrected chi connectivity index (χ2v) is 6.77. The fraction of sp³-hybridized carbons (Fsp3) is 0.150. The Balaban J connectivity index is 1.75. The smallest absolute Gasteiger partial charge is 0.291 e. The lowest BCUT2D eigenvalue weighted by molar-refractivity contribution is 0.0950. The number of para-hydroxylation sites is 1. The van der Waals surface area contributed by atoms with Crippen LogP contribution in [0.5, 0.6) is 11.5 Å². The Morgan fingerprint density at radius 3 is 2.59 bits per heavy atom. The first-order valence-electron chi connectivity index (χ1n) is 8.21. The Labute approximate surface area is 161 Å². The van der Waals surface area contributed by atoms with Crippen molar-refractivity contribution in [3.05, 3.63) is 64.7 Å². The van der Waals surface area contributed by atoms with Crippen molar-refractivity contribution in [3.8, 4) is 22.1 Å². The molecule has 1 heterocycles. The summed E-state index contributed by atoms with van der Waals surface area (Å²) in [5.41, 5.74) is 4.56. The number of benzene rings is 2. The number of rotatable bonds is 6. The zero-order valence-corrected chi connectivity index (χ0v) is 16.0. The van der Waals surface area contributed by atoms with Crippen molar-refractivity contribution >= 4 is 23.5 Å². The molecule has 1 N–H and O–H groups in total. The van der Waals surface area contributed by atoms with Crippen molar-refractivity contribution in [3.63, 3.8) is 0 Å². The Kier molecular flexibility index (Phi) is 5.83. The quantitative estimate of drug-likeness (QED) is 0.519. The van der Waals surface area contributed by atoms with Crippen LogP contribution >= 0.6 is 11.3 Å². The van der Waals surface area contributed by atoms with E-state index in [0.29, 0.717) is 22.8 Å². The van der Waals surface area contributed by atoms with Crippen LogP contribution in [0, 0.1) is 6.92 Å². The molecule has 1 aromatic heterocycles. The van der Waals surface area contributed by atoms with Gasteiger partial charge in [0.15, 0.2) is 11.5 Å². The van der Waals surface area contributed by atoms with E-state index in [1.54, 1.807) is 20.3 Å². The molecule has 6 nitrogen and oxygen atoms in total. The first kappa shape index (κ1) is 18.6. The number of nitrogens with one attached hydrogen (secondary N) is 1. The lowest BCUT2D eigenvalue weighted by atomic mass is 10.2. The largest absolute Gasteiger partial charge is 0.493 e. The molecule has 0 aliphatic rings. The van der Waals surface area contributed by atoms with Gasteiger partial charge < -0.3 is 9.47 Å². The number of hydrazone groups is 1. The van der Waals surface area contributed by atoms with Gasteiger partial charge in [-0.3, -0.25) is 4.79 Å². The fourth-order valence-corrected chi connectivity index (χ4v) is 3.45. The maximum Gasteiger partial charge on any atom is 0.291 e. The molecule has 3 rings (SSSR count). The van der Waals surface area contributed by atoms with Crippen molar-refractivity contribution in [2.45, 2.75) is 6.92 Å². The molecule has 3 aromatic rings. The van der Waals surface area contributed by atoms with E-state index in [0.717, 1.165) is 15.4 Å². The van der Waals surface area contributed by atoms with Gasteiger partial charge in [0.05, 0.1) is 20.4 Å². The van der Waals surface area contributed by atoms with Crippen LogP contribution in [0.3, 0.4) is 0 Å². The van der Waals surface area contributed by atoms with Gasteiger partial charge in [-0.25, -0.2) is 10.4 Å². The minimum Gasteiger partial charge on any atom is -0.493 e. The number of hydrogen-bond donors (Lipinski definition) is 1. The molecular weight excluding hydrogens is 362 g/mol. The Bertz CT molecular complexity index is 968. The van der Waals surface area contributed by atoms with Gasteiger partial charge in [0.1, 0.15) is 10.7 Å². The highest BCUT2D eigenvalue weighted by Crippen LogP contribution is 2.29. The zero-order valence-electron chi connectivity index (χ0n) is 15.2. The van der Waals surface area contributed by atoms with E-state index in [9.17, 15) is 4.79 Å². The summed E-state index contributed by atoms with van der Waals surface area (Å²) in [6.07, 6.45) is 1.51. The molecule has 0 bridgehead atoms. The number of aryl methyl sites for hydroxylation is 1. The first-order chi connectivity index (χ1) is 13.1. The molecule has 1 amide bonds. The van der Waals surface area contributed by atoms with Gasteiger partial charge in [-0.1, -0.05) is 36.4 Å². The second-order valence-electron chi connectivity index (χ2n) is 5.57. The summed E-state index contributed by atoms with van der Waals surface area (Å²) in [5.74, 6) is 0.786. The molecule has 0 spiro atoms.